The number of thiocarbonyl (C=S) groups is 1. The predicted molar refractivity (Wildman–Crippen MR) is 97.0 cm³/mol. The molecule has 0 aliphatic rings. The highest BCUT2D eigenvalue weighted by atomic mass is 32.1. The first-order valence-electron chi connectivity index (χ1n) is 8.17. The summed E-state index contributed by atoms with van der Waals surface area (Å²) in [6.07, 6.45) is 3.53. The second-order valence-electron chi connectivity index (χ2n) is 5.29. The zero-order valence-corrected chi connectivity index (χ0v) is 14.9. The smallest absolute Gasteiger partial charge is 0.237 e. The molecular weight excluding hydrogens is 326 g/mol. The summed E-state index contributed by atoms with van der Waals surface area (Å²) in [6.45, 7) is 4.44. The molecule has 0 saturated carbocycles. The van der Waals surface area contributed by atoms with Crippen LogP contribution in [0.4, 0.5) is 0 Å². The summed E-state index contributed by atoms with van der Waals surface area (Å²) < 4.78 is 0. The molecule has 6 nitrogen and oxygen atoms in total. The molecule has 1 atom stereocenters. The Morgan fingerprint density at radius 1 is 1.17 bits per heavy atom. The Balaban J connectivity index is 2.41. The number of amides is 1. The Labute approximate surface area is 148 Å². The largest absolute Gasteiger partial charge is 0.301 e. The van der Waals surface area contributed by atoms with Crippen LogP contribution in [0.1, 0.15) is 49.9 Å². The number of hydrogen-bond acceptors (Lipinski definition) is 5. The van der Waals surface area contributed by atoms with Crippen LogP contribution in [0.15, 0.2) is 30.3 Å². The number of unbranched alkanes of at least 4 members (excludes halogenated alkanes) is 2. The van der Waals surface area contributed by atoms with E-state index in [1.54, 1.807) is 31.2 Å². The molecule has 0 aliphatic heterocycles. The van der Waals surface area contributed by atoms with Crippen molar-refractivity contribution in [3.63, 3.8) is 0 Å². The topological polar surface area (TPSA) is 79.5 Å². The summed E-state index contributed by atoms with van der Waals surface area (Å²) in [6, 6.07) is 8.75. The molecule has 0 aliphatic carbocycles. The molecule has 0 fully saturated rings. The van der Waals surface area contributed by atoms with E-state index in [-0.39, 0.29) is 10.9 Å². The summed E-state index contributed by atoms with van der Waals surface area (Å²) in [5.74, 6) is -1.43. The summed E-state index contributed by atoms with van der Waals surface area (Å²) >= 11 is 5.00. The van der Waals surface area contributed by atoms with Gasteiger partial charge in [0.25, 0.3) is 0 Å². The van der Waals surface area contributed by atoms with Gasteiger partial charge in [0.05, 0.1) is 6.61 Å². The van der Waals surface area contributed by atoms with Crippen LogP contribution in [-0.4, -0.2) is 23.4 Å². The number of rotatable bonds is 10. The first kappa shape index (κ1) is 20.2. The van der Waals surface area contributed by atoms with E-state index in [1.807, 2.05) is 6.07 Å². The van der Waals surface area contributed by atoms with Crippen LogP contribution in [0.2, 0.25) is 0 Å². The highest BCUT2D eigenvalue weighted by Gasteiger charge is 2.26. The molecule has 0 heterocycles. The number of nitrogens with one attached hydrogen (secondary N) is 3. The zero-order chi connectivity index (χ0) is 17.8. The maximum Gasteiger partial charge on any atom is 0.237 e. The van der Waals surface area contributed by atoms with Crippen molar-refractivity contribution in [2.45, 2.75) is 39.5 Å². The number of benzene rings is 1. The molecular formula is C17H25N3O3S. The lowest BCUT2D eigenvalue weighted by Gasteiger charge is -2.15. The van der Waals surface area contributed by atoms with Crippen LogP contribution in [0, 0.1) is 5.92 Å². The van der Waals surface area contributed by atoms with Crippen molar-refractivity contribution in [3.8, 4) is 0 Å². The van der Waals surface area contributed by atoms with Crippen LogP contribution in [0.5, 0.6) is 0 Å². The third kappa shape index (κ3) is 7.16. The second-order valence-corrected chi connectivity index (χ2v) is 5.70. The van der Waals surface area contributed by atoms with E-state index >= 15 is 0 Å². The Morgan fingerprint density at radius 3 is 2.50 bits per heavy atom. The van der Waals surface area contributed by atoms with Gasteiger partial charge in [-0.05, 0) is 25.1 Å². The molecule has 1 amide bonds. The highest BCUT2D eigenvalue weighted by molar-refractivity contribution is 7.80. The fraction of sp³-hybridized carbons (Fsp3) is 0.471. The Morgan fingerprint density at radius 2 is 1.88 bits per heavy atom. The molecule has 7 heteroatoms. The van der Waals surface area contributed by atoms with E-state index in [0.29, 0.717) is 18.6 Å². The first-order chi connectivity index (χ1) is 11.6. The van der Waals surface area contributed by atoms with Crippen LogP contribution < -0.4 is 16.3 Å². The highest BCUT2D eigenvalue weighted by Crippen LogP contribution is 2.12. The van der Waals surface area contributed by atoms with Crippen LogP contribution in [-0.2, 0) is 9.63 Å². The maximum absolute atomic E-state index is 12.4. The Bertz CT molecular complexity index is 537. The summed E-state index contributed by atoms with van der Waals surface area (Å²) in [5, 5.41) is 2.57. The molecule has 0 saturated heterocycles. The van der Waals surface area contributed by atoms with Gasteiger partial charge in [0.2, 0.25) is 5.91 Å². The molecule has 0 aromatic heterocycles. The predicted octanol–water partition coefficient (Wildman–Crippen LogP) is 2.51. The van der Waals surface area contributed by atoms with Gasteiger partial charge < -0.3 is 5.32 Å². The number of hydrazine groups is 1. The molecule has 24 heavy (non-hydrogen) atoms. The lowest BCUT2D eigenvalue weighted by atomic mass is 9.94. The van der Waals surface area contributed by atoms with Crippen molar-refractivity contribution in [1.82, 2.24) is 16.3 Å². The van der Waals surface area contributed by atoms with Gasteiger partial charge in [0.1, 0.15) is 5.92 Å². The molecule has 0 spiro atoms. The van der Waals surface area contributed by atoms with E-state index in [1.165, 1.54) is 0 Å². The minimum Gasteiger partial charge on any atom is -0.301 e. The number of ketones is 1. The van der Waals surface area contributed by atoms with Crippen LogP contribution >= 0.6 is 12.2 Å². The zero-order valence-electron chi connectivity index (χ0n) is 14.1. The van der Waals surface area contributed by atoms with E-state index in [2.05, 4.69) is 23.3 Å². The maximum atomic E-state index is 12.4. The molecule has 0 bridgehead atoms. The van der Waals surface area contributed by atoms with E-state index in [9.17, 15) is 9.59 Å². The van der Waals surface area contributed by atoms with Gasteiger partial charge in [-0.1, -0.05) is 57.0 Å². The van der Waals surface area contributed by atoms with Gasteiger partial charge in [-0.3, -0.25) is 19.9 Å². The van der Waals surface area contributed by atoms with Crippen LogP contribution in [0.3, 0.4) is 0 Å². The van der Waals surface area contributed by atoms with Crippen molar-refractivity contribution in [1.29, 1.82) is 0 Å². The Hall–Kier alpha value is -1.83. The molecule has 3 N–H and O–H groups in total. The Kier molecular flexibility index (Phi) is 9.83. The summed E-state index contributed by atoms with van der Waals surface area (Å²) in [5.41, 5.74) is 5.55. The molecule has 1 aromatic carbocycles. The molecule has 132 valence electrons. The fourth-order valence-electron chi connectivity index (χ4n) is 2.08. The summed E-state index contributed by atoms with van der Waals surface area (Å²) in [7, 11) is 0. The van der Waals surface area contributed by atoms with E-state index in [0.717, 1.165) is 19.3 Å². The van der Waals surface area contributed by atoms with Gasteiger partial charge >= 0.3 is 0 Å². The van der Waals surface area contributed by atoms with Gasteiger partial charge in [-0.15, -0.1) is 5.59 Å². The number of carbonyl (C=O) groups excluding carboxylic acids is 2. The minimum absolute atomic E-state index is 0.0646. The first-order valence-corrected chi connectivity index (χ1v) is 8.57. The SMILES string of the molecule is CCCCCONNC(=S)NC(=O)C(CC)C(=O)c1ccccc1. The fourth-order valence-corrected chi connectivity index (χ4v) is 2.22. The van der Waals surface area contributed by atoms with Crippen molar-refractivity contribution in [2.75, 3.05) is 6.61 Å². The molecule has 0 radical (unpaired) electrons. The van der Waals surface area contributed by atoms with E-state index < -0.39 is 11.8 Å². The normalized spacial score (nSPS) is 11.6. The van der Waals surface area contributed by atoms with Gasteiger partial charge in [-0.2, -0.15) is 0 Å². The lowest BCUT2D eigenvalue weighted by molar-refractivity contribution is -0.122. The van der Waals surface area contributed by atoms with Crippen molar-refractivity contribution < 1.29 is 14.4 Å². The van der Waals surface area contributed by atoms with Crippen molar-refractivity contribution in [3.05, 3.63) is 35.9 Å². The average Bonchev–Trinajstić information content (AvgIpc) is 2.59. The molecule has 1 unspecified atom stereocenters. The van der Waals surface area contributed by atoms with Gasteiger partial charge in [-0.25, -0.2) is 0 Å². The standard InChI is InChI=1S/C17H25N3O3S/c1-3-5-9-12-23-20-19-17(24)18-16(22)14(4-2)15(21)13-10-7-6-8-11-13/h6-8,10-11,14,20H,3-5,9,12H2,1-2H3,(H2,18,19,22,24). The molecule has 1 rings (SSSR count). The molecule has 1 aromatic rings. The van der Waals surface area contributed by atoms with Crippen LogP contribution in [0.25, 0.3) is 0 Å². The third-order valence-corrected chi connectivity index (χ3v) is 3.63. The lowest BCUT2D eigenvalue weighted by Crippen LogP contribution is -2.48. The van der Waals surface area contributed by atoms with E-state index in [4.69, 9.17) is 17.1 Å². The summed E-state index contributed by atoms with van der Waals surface area (Å²) in [4.78, 5) is 29.8. The third-order valence-electron chi connectivity index (χ3n) is 3.42. The average molecular weight is 351 g/mol. The quantitative estimate of drug-likeness (QED) is 0.198. The monoisotopic (exact) mass is 351 g/mol. The van der Waals surface area contributed by atoms with Crippen molar-refractivity contribution >= 4 is 29.0 Å². The number of Topliss-reactive ketones (excluding diaryl/α,β-unsaturated/α-hetero) is 1. The minimum atomic E-state index is -0.780. The second kappa shape index (κ2) is 11.7. The van der Waals surface area contributed by atoms with Crippen molar-refractivity contribution in [2.24, 2.45) is 5.92 Å². The van der Waals surface area contributed by atoms with Gasteiger partial charge in [0, 0.05) is 5.56 Å². The number of hydrogen-bond donors (Lipinski definition) is 3. The van der Waals surface area contributed by atoms with Gasteiger partial charge in [0.15, 0.2) is 10.9 Å². The number of carbonyl (C=O) groups is 2.